The van der Waals surface area contributed by atoms with Gasteiger partial charge in [0.15, 0.2) is 5.82 Å². The monoisotopic (exact) mass is 666 g/mol. The fraction of sp³-hybridized carbons (Fsp3) is 0.0435. The molecular weight excluding hydrogens is 637 g/mol. The molecule has 6 nitrogen and oxygen atoms in total. The number of hydrogen-bond acceptors (Lipinski definition) is 4. The molecule has 0 radical (unpaired) electrons. The first kappa shape index (κ1) is 29.8. The second kappa shape index (κ2) is 12.0. The Hall–Kier alpha value is -7.10. The Morgan fingerprint density at radius 3 is 1.85 bits per heavy atom. The first-order valence-corrected chi connectivity index (χ1v) is 17.5. The number of hydrogen-bond donors (Lipinski definition) is 0. The highest BCUT2D eigenvalue weighted by Crippen LogP contribution is 2.40. The third-order valence-electron chi connectivity index (χ3n) is 10.0. The second-order valence-electron chi connectivity index (χ2n) is 13.1. The Morgan fingerprint density at radius 2 is 1.13 bits per heavy atom. The van der Waals surface area contributed by atoms with E-state index in [9.17, 15) is 5.26 Å². The van der Waals surface area contributed by atoms with Crippen molar-refractivity contribution >= 4 is 55.1 Å². The van der Waals surface area contributed by atoms with Gasteiger partial charge in [0.25, 0.3) is 0 Å². The maximum absolute atomic E-state index is 9.39. The van der Waals surface area contributed by atoms with Crippen molar-refractivity contribution in [1.29, 1.82) is 5.26 Å². The van der Waals surface area contributed by atoms with Gasteiger partial charge in [-0.25, -0.2) is 15.0 Å². The minimum absolute atomic E-state index is 0.611. The quantitative estimate of drug-likeness (QED) is 0.183. The van der Waals surface area contributed by atoms with Crippen LogP contribution >= 0.6 is 0 Å². The molecule has 0 atom stereocenters. The van der Waals surface area contributed by atoms with E-state index in [0.29, 0.717) is 11.4 Å². The van der Waals surface area contributed by atoms with Crippen LogP contribution in [0.3, 0.4) is 0 Å². The largest absolute Gasteiger partial charge is 0.309 e. The van der Waals surface area contributed by atoms with Crippen molar-refractivity contribution in [2.24, 2.45) is 4.99 Å². The lowest BCUT2D eigenvalue weighted by Crippen LogP contribution is -2.11. The van der Waals surface area contributed by atoms with E-state index in [4.69, 9.17) is 15.0 Å². The van der Waals surface area contributed by atoms with Crippen molar-refractivity contribution in [1.82, 2.24) is 19.1 Å². The molecule has 9 aromatic rings. The molecule has 1 aliphatic heterocycles. The van der Waals surface area contributed by atoms with Crippen LogP contribution in [0.5, 0.6) is 0 Å². The molecule has 3 aromatic heterocycles. The number of aliphatic imine (C=N–C) groups is 1. The molecule has 6 heteroatoms. The molecule has 52 heavy (non-hydrogen) atoms. The van der Waals surface area contributed by atoms with Crippen LogP contribution in [0.4, 0.5) is 0 Å². The van der Waals surface area contributed by atoms with Gasteiger partial charge in [0, 0.05) is 38.4 Å². The zero-order valence-electron chi connectivity index (χ0n) is 28.1. The van der Waals surface area contributed by atoms with Crippen molar-refractivity contribution in [2.45, 2.75) is 12.8 Å². The Balaban J connectivity index is 1.18. The van der Waals surface area contributed by atoms with Crippen LogP contribution in [0.25, 0.3) is 77.8 Å². The van der Waals surface area contributed by atoms with Gasteiger partial charge in [-0.05, 0) is 73.5 Å². The molecule has 244 valence electrons. The average Bonchev–Trinajstić information content (AvgIpc) is 3.72. The molecule has 0 unspecified atom stereocenters. The van der Waals surface area contributed by atoms with Crippen LogP contribution in [0.15, 0.2) is 163 Å². The van der Waals surface area contributed by atoms with Gasteiger partial charge >= 0.3 is 0 Å². The van der Waals surface area contributed by atoms with E-state index in [-0.39, 0.29) is 0 Å². The van der Waals surface area contributed by atoms with Crippen molar-refractivity contribution in [3.63, 3.8) is 0 Å². The summed E-state index contributed by atoms with van der Waals surface area (Å²) in [6.45, 7) is 0. The van der Waals surface area contributed by atoms with E-state index in [1.165, 1.54) is 27.1 Å². The van der Waals surface area contributed by atoms with Crippen LogP contribution in [0.1, 0.15) is 24.1 Å². The van der Waals surface area contributed by atoms with Crippen LogP contribution in [-0.2, 0) is 0 Å². The molecule has 0 bridgehead atoms. The van der Waals surface area contributed by atoms with Crippen molar-refractivity contribution in [3.8, 4) is 34.4 Å². The summed E-state index contributed by atoms with van der Waals surface area (Å²) < 4.78 is 4.68. The summed E-state index contributed by atoms with van der Waals surface area (Å²) in [6.07, 6.45) is 3.82. The summed E-state index contributed by atoms with van der Waals surface area (Å²) in [4.78, 5) is 15.5. The highest BCUT2D eigenvalue weighted by atomic mass is 15.1. The number of nitrogens with zero attached hydrogens (tertiary/aromatic N) is 6. The van der Waals surface area contributed by atoms with Crippen LogP contribution < -0.4 is 0 Å². The maximum atomic E-state index is 9.39. The molecular formula is C46H30N6. The van der Waals surface area contributed by atoms with E-state index >= 15 is 0 Å². The number of allylic oxidation sites excluding steroid dienone is 1. The lowest BCUT2D eigenvalue weighted by atomic mass is 10.0. The van der Waals surface area contributed by atoms with E-state index in [0.717, 1.165) is 69.1 Å². The molecule has 0 saturated carbocycles. The van der Waals surface area contributed by atoms with Crippen molar-refractivity contribution in [2.75, 3.05) is 0 Å². The summed E-state index contributed by atoms with van der Waals surface area (Å²) in [6, 6.07) is 54.4. The number of rotatable bonds is 5. The topological polar surface area (TPSA) is 71.8 Å². The molecule has 10 rings (SSSR count). The number of benzene rings is 6. The summed E-state index contributed by atoms with van der Waals surface area (Å²) in [7, 11) is 0. The highest BCUT2D eigenvalue weighted by molar-refractivity contribution is 6.19. The molecule has 1 aliphatic rings. The van der Waals surface area contributed by atoms with Crippen LogP contribution in [0.2, 0.25) is 0 Å². The lowest BCUT2D eigenvalue weighted by molar-refractivity contribution is 1.01. The molecule has 0 saturated heterocycles. The predicted molar refractivity (Wildman–Crippen MR) is 211 cm³/mol. The Kier molecular flexibility index (Phi) is 6.90. The highest BCUT2D eigenvalue weighted by Gasteiger charge is 2.22. The molecule has 4 heterocycles. The minimum atomic E-state index is 0.611. The molecule has 0 N–H and O–H groups in total. The smallest absolute Gasteiger partial charge is 0.160 e. The molecule has 0 aliphatic carbocycles. The molecule has 6 aromatic carbocycles. The van der Waals surface area contributed by atoms with Gasteiger partial charge in [-0.15, -0.1) is 0 Å². The number of aromatic nitrogens is 4. The van der Waals surface area contributed by atoms with E-state index in [2.05, 4.69) is 112 Å². The zero-order valence-corrected chi connectivity index (χ0v) is 28.1. The zero-order chi connectivity index (χ0) is 34.6. The van der Waals surface area contributed by atoms with Gasteiger partial charge in [-0.2, -0.15) is 5.26 Å². The van der Waals surface area contributed by atoms with Gasteiger partial charge in [0.05, 0.1) is 50.8 Å². The fourth-order valence-corrected chi connectivity index (χ4v) is 7.61. The second-order valence-corrected chi connectivity index (χ2v) is 13.1. The van der Waals surface area contributed by atoms with Crippen LogP contribution in [0, 0.1) is 11.3 Å². The fourth-order valence-electron chi connectivity index (χ4n) is 7.61. The summed E-state index contributed by atoms with van der Waals surface area (Å²) in [5.74, 6) is 1.53. The van der Waals surface area contributed by atoms with Gasteiger partial charge in [-0.1, -0.05) is 97.1 Å². The maximum Gasteiger partial charge on any atom is 0.160 e. The molecule has 0 spiro atoms. The predicted octanol–water partition coefficient (Wildman–Crippen LogP) is 11.0. The molecule has 0 amide bonds. The minimum Gasteiger partial charge on any atom is -0.309 e. The number of nitriles is 1. The summed E-state index contributed by atoms with van der Waals surface area (Å²) in [5.41, 5.74) is 10.7. The first-order chi connectivity index (χ1) is 25.7. The Bertz CT molecular complexity index is 2940. The van der Waals surface area contributed by atoms with Crippen LogP contribution in [-0.4, -0.2) is 24.8 Å². The van der Waals surface area contributed by atoms with Gasteiger partial charge in [-0.3, -0.25) is 4.57 Å². The SMILES string of the molecule is N#Cc1ccc(-c2cc(C3=NC(n4c5ccccc5c5cc6c7ccccc7n(-c7ccccc7)c6cc54)=CCC3)nc(-c3ccccc3)n2)cc1. The molecule has 0 fully saturated rings. The van der Waals surface area contributed by atoms with Gasteiger partial charge < -0.3 is 4.57 Å². The third-order valence-corrected chi connectivity index (χ3v) is 10.0. The van der Waals surface area contributed by atoms with Gasteiger partial charge in [0.2, 0.25) is 0 Å². The number of para-hydroxylation sites is 3. The lowest BCUT2D eigenvalue weighted by Gasteiger charge is -2.17. The van der Waals surface area contributed by atoms with E-state index in [1.807, 2.05) is 60.7 Å². The first-order valence-electron chi connectivity index (χ1n) is 17.5. The van der Waals surface area contributed by atoms with E-state index < -0.39 is 0 Å². The van der Waals surface area contributed by atoms with E-state index in [1.54, 1.807) is 0 Å². The van der Waals surface area contributed by atoms with Crippen molar-refractivity contribution < 1.29 is 0 Å². The Morgan fingerprint density at radius 1 is 0.519 bits per heavy atom. The standard InChI is InChI=1S/C46H30N6/c47-29-30-22-24-31(25-23-30)39-27-40(50-46(49-39)32-12-3-1-4-13-32)38-18-11-21-45(48-38)52-42-20-10-8-17-35(42)37-26-36-34-16-7-9-19-41(34)51(43(36)28-44(37)52)33-14-5-2-6-15-33/h1-10,12-17,19-28H,11,18H2. The Labute approximate surface area is 299 Å². The average molecular weight is 667 g/mol. The summed E-state index contributed by atoms with van der Waals surface area (Å²) >= 11 is 0. The normalized spacial score (nSPS) is 13.1. The van der Waals surface area contributed by atoms with Gasteiger partial charge in [0.1, 0.15) is 5.82 Å². The summed E-state index contributed by atoms with van der Waals surface area (Å²) in [5, 5.41) is 14.2. The third kappa shape index (κ3) is 4.83. The number of fused-ring (bicyclic) bond motifs is 6. The van der Waals surface area contributed by atoms with Crippen molar-refractivity contribution in [3.05, 3.63) is 169 Å².